The zero-order valence-corrected chi connectivity index (χ0v) is 15.7. The molecule has 0 heterocycles. The van der Waals surface area contributed by atoms with E-state index in [0.717, 1.165) is 5.56 Å². The Morgan fingerprint density at radius 2 is 1.77 bits per heavy atom. The molecule has 7 nitrogen and oxygen atoms in total. The monoisotopic (exact) mass is 378 g/mol. The van der Waals surface area contributed by atoms with Gasteiger partial charge in [0.2, 0.25) is 10.0 Å². The SMILES string of the molecule is COc1ccc(CCNC(=O)c2ccc(C)c(S(N)(=O)=O)c2)cc1OC. The van der Waals surface area contributed by atoms with Crippen LogP contribution in [-0.4, -0.2) is 35.1 Å². The summed E-state index contributed by atoms with van der Waals surface area (Å²) < 4.78 is 33.6. The minimum atomic E-state index is -3.87. The summed E-state index contributed by atoms with van der Waals surface area (Å²) >= 11 is 0. The van der Waals surface area contributed by atoms with Gasteiger partial charge in [0.05, 0.1) is 19.1 Å². The second-order valence-corrected chi connectivity index (χ2v) is 7.25. The second kappa shape index (κ2) is 8.20. The molecule has 0 saturated heterocycles. The minimum Gasteiger partial charge on any atom is -0.493 e. The largest absolute Gasteiger partial charge is 0.493 e. The number of aryl methyl sites for hydroxylation is 1. The number of nitrogens with one attached hydrogen (secondary N) is 1. The van der Waals surface area contributed by atoms with Gasteiger partial charge in [-0.2, -0.15) is 0 Å². The van der Waals surface area contributed by atoms with Crippen LogP contribution in [0.3, 0.4) is 0 Å². The maximum Gasteiger partial charge on any atom is 0.251 e. The van der Waals surface area contributed by atoms with E-state index in [-0.39, 0.29) is 16.4 Å². The molecule has 0 saturated carbocycles. The first-order valence-corrected chi connectivity index (χ1v) is 9.43. The molecule has 0 aliphatic carbocycles. The summed E-state index contributed by atoms with van der Waals surface area (Å²) in [6.45, 7) is 2.01. The summed E-state index contributed by atoms with van der Waals surface area (Å²) in [6, 6.07) is 9.94. The summed E-state index contributed by atoms with van der Waals surface area (Å²) in [5.41, 5.74) is 1.71. The lowest BCUT2D eigenvalue weighted by Crippen LogP contribution is -2.26. The summed E-state index contributed by atoms with van der Waals surface area (Å²) in [5, 5.41) is 7.94. The van der Waals surface area contributed by atoms with Crippen LogP contribution < -0.4 is 19.9 Å². The predicted octanol–water partition coefficient (Wildman–Crippen LogP) is 1.63. The average Bonchev–Trinajstić information content (AvgIpc) is 2.60. The lowest BCUT2D eigenvalue weighted by molar-refractivity contribution is 0.0954. The molecule has 0 aliphatic heterocycles. The van der Waals surface area contributed by atoms with Gasteiger partial charge in [0.1, 0.15) is 0 Å². The number of nitrogens with two attached hydrogens (primary N) is 1. The third kappa shape index (κ3) is 4.74. The van der Waals surface area contributed by atoms with Crippen molar-refractivity contribution in [1.82, 2.24) is 5.32 Å². The number of rotatable bonds is 7. The van der Waals surface area contributed by atoms with Crippen molar-refractivity contribution in [2.45, 2.75) is 18.2 Å². The fraction of sp³-hybridized carbons (Fsp3) is 0.278. The fourth-order valence-electron chi connectivity index (χ4n) is 2.51. The summed E-state index contributed by atoms with van der Waals surface area (Å²) in [7, 11) is -0.749. The molecule has 0 atom stereocenters. The van der Waals surface area contributed by atoms with Crippen molar-refractivity contribution >= 4 is 15.9 Å². The molecular formula is C18H22N2O5S. The molecule has 0 aromatic heterocycles. The smallest absolute Gasteiger partial charge is 0.251 e. The molecule has 140 valence electrons. The van der Waals surface area contributed by atoms with Crippen LogP contribution >= 0.6 is 0 Å². The number of ether oxygens (including phenoxy) is 2. The Hall–Kier alpha value is -2.58. The van der Waals surface area contributed by atoms with E-state index >= 15 is 0 Å². The van der Waals surface area contributed by atoms with Gasteiger partial charge in [-0.25, -0.2) is 13.6 Å². The van der Waals surface area contributed by atoms with Crippen LogP contribution in [0.2, 0.25) is 0 Å². The highest BCUT2D eigenvalue weighted by Crippen LogP contribution is 2.27. The molecule has 2 aromatic carbocycles. The minimum absolute atomic E-state index is 0.0509. The van der Waals surface area contributed by atoms with Crippen molar-refractivity contribution in [3.05, 3.63) is 53.1 Å². The highest BCUT2D eigenvalue weighted by molar-refractivity contribution is 7.89. The quantitative estimate of drug-likeness (QED) is 0.761. The number of carbonyl (C=O) groups excluding carboxylic acids is 1. The topological polar surface area (TPSA) is 108 Å². The van der Waals surface area contributed by atoms with E-state index in [4.69, 9.17) is 14.6 Å². The molecule has 26 heavy (non-hydrogen) atoms. The Morgan fingerprint density at radius 1 is 1.08 bits per heavy atom. The van der Waals surface area contributed by atoms with Gasteiger partial charge in [-0.3, -0.25) is 4.79 Å². The van der Waals surface area contributed by atoms with Crippen LogP contribution in [0.4, 0.5) is 0 Å². The first-order chi connectivity index (χ1) is 12.3. The molecule has 0 radical (unpaired) electrons. The molecule has 0 unspecified atom stereocenters. The van der Waals surface area contributed by atoms with Crippen LogP contribution in [0, 0.1) is 6.92 Å². The molecule has 0 aliphatic rings. The van der Waals surface area contributed by atoms with Crippen LogP contribution in [-0.2, 0) is 16.4 Å². The van der Waals surface area contributed by atoms with E-state index in [1.807, 2.05) is 12.1 Å². The van der Waals surface area contributed by atoms with Gasteiger partial charge in [-0.1, -0.05) is 12.1 Å². The van der Waals surface area contributed by atoms with Crippen LogP contribution in [0.5, 0.6) is 11.5 Å². The van der Waals surface area contributed by atoms with Crippen LogP contribution in [0.25, 0.3) is 0 Å². The van der Waals surface area contributed by atoms with Gasteiger partial charge < -0.3 is 14.8 Å². The maximum atomic E-state index is 12.3. The number of primary sulfonamides is 1. The summed E-state index contributed by atoms with van der Waals surface area (Å²) in [6.07, 6.45) is 0.583. The number of methoxy groups -OCH3 is 2. The van der Waals surface area contributed by atoms with Crippen molar-refractivity contribution in [3.8, 4) is 11.5 Å². The Labute approximate surface area is 153 Å². The first kappa shape index (κ1) is 19.7. The van der Waals surface area contributed by atoms with Crippen molar-refractivity contribution in [2.24, 2.45) is 5.14 Å². The lowest BCUT2D eigenvalue weighted by Gasteiger charge is -2.11. The van der Waals surface area contributed by atoms with E-state index in [0.29, 0.717) is 30.0 Å². The zero-order valence-electron chi connectivity index (χ0n) is 14.9. The van der Waals surface area contributed by atoms with Crippen LogP contribution in [0.1, 0.15) is 21.5 Å². The standard InChI is InChI=1S/C18H22N2O5S/c1-12-4-6-14(11-17(12)26(19,22)23)18(21)20-9-8-13-5-7-15(24-2)16(10-13)25-3/h4-7,10-11H,8-9H2,1-3H3,(H,20,21)(H2,19,22,23). The number of carbonyl (C=O) groups is 1. The van der Waals surface area contributed by atoms with Gasteiger partial charge in [0, 0.05) is 12.1 Å². The molecule has 0 bridgehead atoms. The molecule has 0 fully saturated rings. The molecule has 0 spiro atoms. The molecular weight excluding hydrogens is 356 g/mol. The van der Waals surface area contributed by atoms with Gasteiger partial charge >= 0.3 is 0 Å². The molecule has 2 aromatic rings. The van der Waals surface area contributed by atoms with E-state index in [2.05, 4.69) is 5.32 Å². The van der Waals surface area contributed by atoms with Gasteiger partial charge in [-0.05, 0) is 48.7 Å². The van der Waals surface area contributed by atoms with E-state index in [1.165, 1.54) is 6.07 Å². The molecule has 2 rings (SSSR count). The zero-order chi connectivity index (χ0) is 19.3. The molecule has 8 heteroatoms. The Balaban J connectivity index is 2.04. The fourth-order valence-corrected chi connectivity index (χ4v) is 3.31. The number of benzene rings is 2. The number of sulfonamides is 1. The van der Waals surface area contributed by atoms with E-state index < -0.39 is 10.0 Å². The third-order valence-electron chi connectivity index (χ3n) is 3.90. The van der Waals surface area contributed by atoms with Crippen molar-refractivity contribution < 1.29 is 22.7 Å². The van der Waals surface area contributed by atoms with E-state index in [9.17, 15) is 13.2 Å². The van der Waals surface area contributed by atoms with Gasteiger partial charge in [-0.15, -0.1) is 0 Å². The maximum absolute atomic E-state index is 12.3. The summed E-state index contributed by atoms with van der Waals surface area (Å²) in [5.74, 6) is 0.887. The third-order valence-corrected chi connectivity index (χ3v) is 4.96. The second-order valence-electron chi connectivity index (χ2n) is 5.72. The number of hydrogen-bond acceptors (Lipinski definition) is 5. The number of amides is 1. The average molecular weight is 378 g/mol. The normalized spacial score (nSPS) is 11.1. The first-order valence-electron chi connectivity index (χ1n) is 7.89. The number of hydrogen-bond donors (Lipinski definition) is 2. The van der Waals surface area contributed by atoms with Crippen molar-refractivity contribution in [1.29, 1.82) is 0 Å². The highest BCUT2D eigenvalue weighted by Gasteiger charge is 2.15. The van der Waals surface area contributed by atoms with Gasteiger partial charge in [0.25, 0.3) is 5.91 Å². The Bertz CT molecular complexity index is 910. The summed E-state index contributed by atoms with van der Waals surface area (Å²) in [4.78, 5) is 12.2. The lowest BCUT2D eigenvalue weighted by atomic mass is 10.1. The molecule has 1 amide bonds. The Morgan fingerprint density at radius 3 is 2.38 bits per heavy atom. The van der Waals surface area contributed by atoms with Crippen molar-refractivity contribution in [3.63, 3.8) is 0 Å². The molecule has 3 N–H and O–H groups in total. The predicted molar refractivity (Wildman–Crippen MR) is 98.1 cm³/mol. The van der Waals surface area contributed by atoms with Crippen molar-refractivity contribution in [2.75, 3.05) is 20.8 Å². The van der Waals surface area contributed by atoms with Gasteiger partial charge in [0.15, 0.2) is 11.5 Å². The van der Waals surface area contributed by atoms with E-state index in [1.54, 1.807) is 39.3 Å². The van der Waals surface area contributed by atoms with Crippen LogP contribution in [0.15, 0.2) is 41.3 Å². The highest BCUT2D eigenvalue weighted by atomic mass is 32.2. The Kier molecular flexibility index (Phi) is 6.23.